The Kier molecular flexibility index (Phi) is 4.71. The Morgan fingerprint density at radius 2 is 1.93 bits per heavy atom. The quantitative estimate of drug-likeness (QED) is 0.764. The summed E-state index contributed by atoms with van der Waals surface area (Å²) in [5, 5.41) is 0. The van der Waals surface area contributed by atoms with Crippen LogP contribution in [0.3, 0.4) is 0 Å². The van der Waals surface area contributed by atoms with Crippen molar-refractivity contribution in [2.45, 2.75) is 11.8 Å². The first-order valence-electron chi connectivity index (χ1n) is 3.54. The van der Waals surface area contributed by atoms with Crippen LogP contribution in [0.5, 0.6) is 5.75 Å². The van der Waals surface area contributed by atoms with Gasteiger partial charge in [0.15, 0.2) is 0 Å². The molecule has 0 amide bonds. The lowest BCUT2D eigenvalue weighted by atomic mass is 10.2. The van der Waals surface area contributed by atoms with E-state index in [0.29, 0.717) is 0 Å². The van der Waals surface area contributed by atoms with Crippen LogP contribution in [0.4, 0.5) is 0 Å². The average Bonchev–Trinajstić information content (AvgIpc) is 2.03. The van der Waals surface area contributed by atoms with E-state index in [0.717, 1.165) is 5.56 Å². The van der Waals surface area contributed by atoms with Gasteiger partial charge in [-0.25, -0.2) is 8.42 Å². The molecule has 0 radical (unpaired) electrons. The van der Waals surface area contributed by atoms with Crippen molar-refractivity contribution in [3.8, 4) is 5.75 Å². The molecule has 1 aromatic rings. The predicted molar refractivity (Wildman–Crippen MR) is 58.0 cm³/mol. The molecule has 0 aliphatic heterocycles. The minimum atomic E-state index is -3.72. The highest BCUT2D eigenvalue weighted by molar-refractivity contribution is 8.13. The lowest BCUT2D eigenvalue weighted by molar-refractivity contribution is 0.403. The Hall–Kier alpha value is -0.450. The van der Waals surface area contributed by atoms with Crippen LogP contribution in [-0.2, 0) is 9.05 Å². The molecule has 3 nitrogen and oxygen atoms in total. The molecule has 0 heterocycles. The minimum Gasteiger partial charge on any atom is -0.495 e. The van der Waals surface area contributed by atoms with E-state index < -0.39 is 9.05 Å². The van der Waals surface area contributed by atoms with Crippen LogP contribution in [0.15, 0.2) is 23.1 Å². The predicted octanol–water partition coefficient (Wildman–Crippen LogP) is 2.35. The van der Waals surface area contributed by atoms with Crippen molar-refractivity contribution >= 4 is 32.1 Å². The van der Waals surface area contributed by atoms with Crippen LogP contribution in [0.25, 0.3) is 0 Å². The van der Waals surface area contributed by atoms with Crippen LogP contribution in [0.1, 0.15) is 5.56 Å². The maximum atomic E-state index is 11.1. The van der Waals surface area contributed by atoms with Gasteiger partial charge in [0.25, 0.3) is 9.05 Å². The molecule has 0 aliphatic rings. The number of hydrogen-bond acceptors (Lipinski definition) is 3. The normalized spacial score (nSPS) is 10.5. The summed E-state index contributed by atoms with van der Waals surface area (Å²) < 4.78 is 27.0. The molecule has 0 spiro atoms. The molecule has 1 aromatic carbocycles. The van der Waals surface area contributed by atoms with Gasteiger partial charge in [0.05, 0.1) is 7.11 Å². The summed E-state index contributed by atoms with van der Waals surface area (Å²) >= 11 is 0. The lowest BCUT2D eigenvalue weighted by Gasteiger charge is -2.05. The number of benzene rings is 1. The molecule has 0 aliphatic carbocycles. The standard InChI is InChI=1S/C8H9ClO3S.ClH/c1-6-3-4-7(12-2)8(5-6)13(9,10)11;/h3-5H,1-2H3;1H. The second-order valence-electron chi connectivity index (χ2n) is 2.59. The Morgan fingerprint density at radius 3 is 2.36 bits per heavy atom. The molecule has 1 rings (SSSR count). The Morgan fingerprint density at radius 1 is 1.36 bits per heavy atom. The van der Waals surface area contributed by atoms with Crippen molar-refractivity contribution in [2.75, 3.05) is 7.11 Å². The van der Waals surface area contributed by atoms with Crippen LogP contribution in [-0.4, -0.2) is 15.5 Å². The van der Waals surface area contributed by atoms with Crippen LogP contribution >= 0.6 is 23.1 Å². The molecule has 0 bridgehead atoms. The topological polar surface area (TPSA) is 43.4 Å². The van der Waals surface area contributed by atoms with E-state index >= 15 is 0 Å². The van der Waals surface area contributed by atoms with Gasteiger partial charge >= 0.3 is 0 Å². The molecule has 0 saturated carbocycles. The van der Waals surface area contributed by atoms with E-state index in [1.54, 1.807) is 19.1 Å². The van der Waals surface area contributed by atoms with Crippen molar-refractivity contribution in [2.24, 2.45) is 0 Å². The average molecular weight is 257 g/mol. The Balaban J connectivity index is 0.00000169. The molecular formula is C8H10Cl2O3S. The number of ether oxygens (including phenoxy) is 1. The van der Waals surface area contributed by atoms with Crippen molar-refractivity contribution < 1.29 is 13.2 Å². The maximum Gasteiger partial charge on any atom is 0.264 e. The van der Waals surface area contributed by atoms with Gasteiger partial charge in [0.1, 0.15) is 10.6 Å². The van der Waals surface area contributed by atoms with Gasteiger partial charge in [-0.2, -0.15) is 0 Å². The maximum absolute atomic E-state index is 11.1. The van der Waals surface area contributed by atoms with Gasteiger partial charge in [0, 0.05) is 10.7 Å². The third kappa shape index (κ3) is 3.04. The highest BCUT2D eigenvalue weighted by Crippen LogP contribution is 2.27. The van der Waals surface area contributed by atoms with Gasteiger partial charge in [0.2, 0.25) is 0 Å². The molecule has 6 heteroatoms. The molecule has 0 unspecified atom stereocenters. The fourth-order valence-corrected chi connectivity index (χ4v) is 2.05. The van der Waals surface area contributed by atoms with Gasteiger partial charge < -0.3 is 4.74 Å². The minimum absolute atomic E-state index is 0. The summed E-state index contributed by atoms with van der Waals surface area (Å²) in [6.45, 7) is 1.78. The highest BCUT2D eigenvalue weighted by Gasteiger charge is 2.15. The number of hydrogen-bond donors (Lipinski definition) is 0. The van der Waals surface area contributed by atoms with Gasteiger partial charge in [-0.05, 0) is 24.6 Å². The molecule has 0 saturated heterocycles. The SMILES string of the molecule is COc1ccc(C)cc1S(=O)(=O)Cl.Cl. The molecular weight excluding hydrogens is 247 g/mol. The second kappa shape index (κ2) is 4.87. The van der Waals surface area contributed by atoms with E-state index in [1.807, 2.05) is 0 Å². The van der Waals surface area contributed by atoms with Crippen LogP contribution < -0.4 is 4.74 Å². The van der Waals surface area contributed by atoms with E-state index in [-0.39, 0.29) is 23.1 Å². The molecule has 0 atom stereocenters. The fraction of sp³-hybridized carbons (Fsp3) is 0.250. The monoisotopic (exact) mass is 256 g/mol. The second-order valence-corrected chi connectivity index (χ2v) is 5.13. The van der Waals surface area contributed by atoms with E-state index in [9.17, 15) is 8.42 Å². The Labute approximate surface area is 93.9 Å². The number of halogens is 2. The van der Waals surface area contributed by atoms with E-state index in [4.69, 9.17) is 15.4 Å². The Bertz CT molecular complexity index is 415. The lowest BCUT2D eigenvalue weighted by Crippen LogP contribution is -1.96. The van der Waals surface area contributed by atoms with Crippen molar-refractivity contribution in [1.82, 2.24) is 0 Å². The summed E-state index contributed by atoms with van der Waals surface area (Å²) in [6.07, 6.45) is 0. The fourth-order valence-electron chi connectivity index (χ4n) is 0.974. The van der Waals surface area contributed by atoms with Crippen LogP contribution in [0, 0.1) is 6.92 Å². The van der Waals surface area contributed by atoms with Gasteiger partial charge in [-0.3, -0.25) is 0 Å². The molecule has 14 heavy (non-hydrogen) atoms. The first-order chi connectivity index (χ1) is 5.95. The van der Waals surface area contributed by atoms with Crippen molar-refractivity contribution in [3.63, 3.8) is 0 Å². The zero-order chi connectivity index (χ0) is 10.1. The first kappa shape index (κ1) is 13.5. The number of rotatable bonds is 2. The molecule has 0 N–H and O–H groups in total. The van der Waals surface area contributed by atoms with E-state index in [2.05, 4.69) is 0 Å². The van der Waals surface area contributed by atoms with Gasteiger partial charge in [-0.15, -0.1) is 12.4 Å². The molecule has 80 valence electrons. The highest BCUT2D eigenvalue weighted by atomic mass is 35.7. The first-order valence-corrected chi connectivity index (χ1v) is 5.85. The largest absolute Gasteiger partial charge is 0.495 e. The summed E-state index contributed by atoms with van der Waals surface area (Å²) in [7, 11) is 2.88. The summed E-state index contributed by atoms with van der Waals surface area (Å²) in [4.78, 5) is 0.0108. The van der Waals surface area contributed by atoms with Crippen molar-refractivity contribution in [1.29, 1.82) is 0 Å². The summed E-state index contributed by atoms with van der Waals surface area (Å²) in [5.41, 5.74) is 0.819. The summed E-state index contributed by atoms with van der Waals surface area (Å²) in [5.74, 6) is 0.264. The number of methoxy groups -OCH3 is 1. The van der Waals surface area contributed by atoms with Gasteiger partial charge in [-0.1, -0.05) is 6.07 Å². The smallest absolute Gasteiger partial charge is 0.264 e. The number of aryl methyl sites for hydroxylation is 1. The third-order valence-corrected chi connectivity index (χ3v) is 2.92. The zero-order valence-electron chi connectivity index (χ0n) is 7.65. The zero-order valence-corrected chi connectivity index (χ0v) is 10.0. The molecule has 0 aromatic heterocycles. The molecule has 0 fully saturated rings. The summed E-state index contributed by atoms with van der Waals surface area (Å²) in [6, 6.07) is 4.80. The third-order valence-electron chi connectivity index (χ3n) is 1.58. The van der Waals surface area contributed by atoms with E-state index in [1.165, 1.54) is 13.2 Å². The van der Waals surface area contributed by atoms with Crippen molar-refractivity contribution in [3.05, 3.63) is 23.8 Å². The van der Waals surface area contributed by atoms with Crippen LogP contribution in [0.2, 0.25) is 0 Å².